The molecule has 1 heterocycles. The van der Waals surface area contributed by atoms with Crippen LogP contribution in [0.2, 0.25) is 5.02 Å². The van der Waals surface area contributed by atoms with Gasteiger partial charge in [0.05, 0.1) is 5.69 Å². The largest absolute Gasteiger partial charge is 0.573 e. The summed E-state index contributed by atoms with van der Waals surface area (Å²) in [5.41, 5.74) is 0.536. The van der Waals surface area contributed by atoms with Gasteiger partial charge in [-0.3, -0.25) is 14.5 Å². The molecule has 1 aliphatic heterocycles. The summed E-state index contributed by atoms with van der Waals surface area (Å²) in [7, 11) is 1.43. The molecule has 0 saturated heterocycles. The highest BCUT2D eigenvalue weighted by molar-refractivity contribution is 6.31. The number of para-hydroxylation sites is 1. The molecule has 0 aromatic heterocycles. The number of nitrogens with zero attached hydrogens (tertiary/aromatic N) is 2. The predicted octanol–water partition coefficient (Wildman–Crippen LogP) is 3.62. The third kappa shape index (κ3) is 5.11. The van der Waals surface area contributed by atoms with Crippen molar-refractivity contribution in [3.63, 3.8) is 0 Å². The SMILES string of the molecule is CN(Cc1ccccc1OC(F)(F)F)C(=O)CN1C(=O)COc2ccc(Cl)cc21. The Kier molecular flexibility index (Phi) is 5.88. The topological polar surface area (TPSA) is 59.1 Å². The van der Waals surface area contributed by atoms with E-state index in [1.807, 2.05) is 0 Å². The van der Waals surface area contributed by atoms with E-state index in [-0.39, 0.29) is 31.0 Å². The summed E-state index contributed by atoms with van der Waals surface area (Å²) in [6, 6.07) is 10.2. The van der Waals surface area contributed by atoms with Gasteiger partial charge in [0.15, 0.2) is 6.61 Å². The van der Waals surface area contributed by atoms with E-state index in [4.69, 9.17) is 16.3 Å². The normalized spacial score (nSPS) is 13.6. The summed E-state index contributed by atoms with van der Waals surface area (Å²) in [6.45, 7) is -0.672. The van der Waals surface area contributed by atoms with Crippen LogP contribution in [-0.2, 0) is 16.1 Å². The van der Waals surface area contributed by atoms with Gasteiger partial charge in [0.2, 0.25) is 5.91 Å². The lowest BCUT2D eigenvalue weighted by atomic mass is 10.2. The molecular weight excluding hydrogens is 413 g/mol. The third-order valence-corrected chi connectivity index (χ3v) is 4.42. The molecule has 0 spiro atoms. The lowest BCUT2D eigenvalue weighted by molar-refractivity contribution is -0.275. The van der Waals surface area contributed by atoms with E-state index in [2.05, 4.69) is 4.74 Å². The van der Waals surface area contributed by atoms with Crippen LogP contribution in [0.5, 0.6) is 11.5 Å². The van der Waals surface area contributed by atoms with E-state index < -0.39 is 18.2 Å². The number of hydrogen-bond acceptors (Lipinski definition) is 4. The molecule has 0 bridgehead atoms. The summed E-state index contributed by atoms with van der Waals surface area (Å²) in [5.74, 6) is -0.886. The van der Waals surface area contributed by atoms with Crippen molar-refractivity contribution in [2.45, 2.75) is 12.9 Å². The van der Waals surface area contributed by atoms with Crippen LogP contribution in [0, 0.1) is 0 Å². The Morgan fingerprint density at radius 2 is 2.00 bits per heavy atom. The van der Waals surface area contributed by atoms with Crippen molar-refractivity contribution in [1.29, 1.82) is 0 Å². The molecule has 2 amide bonds. The molecule has 0 saturated carbocycles. The molecule has 0 N–H and O–H groups in total. The average Bonchev–Trinajstić information content (AvgIpc) is 2.64. The molecule has 6 nitrogen and oxygen atoms in total. The second kappa shape index (κ2) is 8.20. The summed E-state index contributed by atoms with van der Waals surface area (Å²) in [4.78, 5) is 27.3. The number of carbonyl (C=O) groups excluding carboxylic acids is 2. The number of fused-ring (bicyclic) bond motifs is 1. The van der Waals surface area contributed by atoms with Crippen LogP contribution in [0.15, 0.2) is 42.5 Å². The Balaban J connectivity index is 1.74. The van der Waals surface area contributed by atoms with Crippen LogP contribution in [0.25, 0.3) is 0 Å². The molecule has 1 aliphatic rings. The molecule has 3 rings (SSSR count). The van der Waals surface area contributed by atoms with Crippen molar-refractivity contribution in [3.05, 3.63) is 53.1 Å². The van der Waals surface area contributed by atoms with Gasteiger partial charge in [-0.1, -0.05) is 29.8 Å². The summed E-state index contributed by atoms with van der Waals surface area (Å²) < 4.78 is 47.0. The van der Waals surface area contributed by atoms with Gasteiger partial charge in [0, 0.05) is 24.2 Å². The van der Waals surface area contributed by atoms with E-state index in [1.54, 1.807) is 18.2 Å². The van der Waals surface area contributed by atoms with Gasteiger partial charge >= 0.3 is 6.36 Å². The molecule has 10 heteroatoms. The Hall–Kier alpha value is -2.94. The lowest BCUT2D eigenvalue weighted by Crippen LogP contribution is -2.45. The number of alkyl halides is 3. The number of likely N-dealkylation sites (N-methyl/N-ethyl adjacent to an activating group) is 1. The smallest absolute Gasteiger partial charge is 0.482 e. The lowest BCUT2D eigenvalue weighted by Gasteiger charge is -2.30. The highest BCUT2D eigenvalue weighted by Crippen LogP contribution is 2.34. The Bertz CT molecular complexity index is 936. The van der Waals surface area contributed by atoms with Crippen LogP contribution in [-0.4, -0.2) is 43.3 Å². The molecular formula is C19H16ClF3N2O4. The predicted molar refractivity (Wildman–Crippen MR) is 98.9 cm³/mol. The molecule has 154 valence electrons. The van der Waals surface area contributed by atoms with Gasteiger partial charge < -0.3 is 14.4 Å². The standard InChI is InChI=1S/C19H16ClF3N2O4/c1-24(9-12-4-2-3-5-15(12)29-19(21,22)23)17(26)10-25-14-8-13(20)6-7-16(14)28-11-18(25)27/h2-8H,9-11H2,1H3. The molecule has 0 radical (unpaired) electrons. The Labute approximate surface area is 169 Å². The van der Waals surface area contributed by atoms with Crippen molar-refractivity contribution in [1.82, 2.24) is 4.90 Å². The zero-order valence-corrected chi connectivity index (χ0v) is 16.0. The first-order valence-electron chi connectivity index (χ1n) is 8.44. The average molecular weight is 429 g/mol. The van der Waals surface area contributed by atoms with Gasteiger partial charge in [-0.25, -0.2) is 0 Å². The van der Waals surface area contributed by atoms with Gasteiger partial charge in [-0.05, 0) is 24.3 Å². The van der Waals surface area contributed by atoms with Crippen LogP contribution in [0.4, 0.5) is 18.9 Å². The number of carbonyl (C=O) groups is 2. The number of hydrogen-bond donors (Lipinski definition) is 0. The molecule has 29 heavy (non-hydrogen) atoms. The quantitative estimate of drug-likeness (QED) is 0.730. The number of benzene rings is 2. The van der Waals surface area contributed by atoms with E-state index in [0.717, 1.165) is 0 Å². The minimum Gasteiger partial charge on any atom is -0.482 e. The summed E-state index contributed by atoms with van der Waals surface area (Å²) in [5, 5.41) is 0.367. The van der Waals surface area contributed by atoms with Gasteiger partial charge in [0.1, 0.15) is 18.0 Å². The highest BCUT2D eigenvalue weighted by atomic mass is 35.5. The highest BCUT2D eigenvalue weighted by Gasteiger charge is 2.32. The van der Waals surface area contributed by atoms with Gasteiger partial charge in [-0.15, -0.1) is 13.2 Å². The number of halogens is 4. The summed E-state index contributed by atoms with van der Waals surface area (Å²) in [6.07, 6.45) is -4.85. The first kappa shape index (κ1) is 20.8. The van der Waals surface area contributed by atoms with Crippen LogP contribution in [0.1, 0.15) is 5.56 Å². The van der Waals surface area contributed by atoms with E-state index in [0.29, 0.717) is 16.5 Å². The minimum atomic E-state index is -4.85. The van der Waals surface area contributed by atoms with Crippen LogP contribution >= 0.6 is 11.6 Å². The van der Waals surface area contributed by atoms with Crippen molar-refractivity contribution in [2.75, 3.05) is 25.1 Å². The van der Waals surface area contributed by atoms with E-state index in [1.165, 1.54) is 41.1 Å². The molecule has 0 atom stereocenters. The second-order valence-electron chi connectivity index (χ2n) is 6.29. The number of rotatable bonds is 5. The molecule has 0 unspecified atom stereocenters. The zero-order chi connectivity index (χ0) is 21.2. The summed E-state index contributed by atoms with van der Waals surface area (Å²) >= 11 is 5.97. The molecule has 2 aromatic carbocycles. The third-order valence-electron chi connectivity index (χ3n) is 4.19. The van der Waals surface area contributed by atoms with Crippen LogP contribution in [0.3, 0.4) is 0 Å². The second-order valence-corrected chi connectivity index (χ2v) is 6.72. The fourth-order valence-corrected chi connectivity index (χ4v) is 2.97. The number of amides is 2. The first-order valence-corrected chi connectivity index (χ1v) is 8.82. The fraction of sp³-hybridized carbons (Fsp3) is 0.263. The first-order chi connectivity index (χ1) is 13.6. The van der Waals surface area contributed by atoms with Crippen molar-refractivity contribution < 1.29 is 32.2 Å². The van der Waals surface area contributed by atoms with Crippen molar-refractivity contribution >= 4 is 29.1 Å². The monoisotopic (exact) mass is 428 g/mol. The molecule has 0 fully saturated rings. The Morgan fingerprint density at radius 1 is 1.28 bits per heavy atom. The maximum atomic E-state index is 12.6. The van der Waals surface area contributed by atoms with E-state index >= 15 is 0 Å². The minimum absolute atomic E-state index is 0.133. The molecule has 2 aromatic rings. The fourth-order valence-electron chi connectivity index (χ4n) is 2.81. The van der Waals surface area contributed by atoms with E-state index in [9.17, 15) is 22.8 Å². The van der Waals surface area contributed by atoms with Crippen molar-refractivity contribution in [2.24, 2.45) is 0 Å². The van der Waals surface area contributed by atoms with Crippen LogP contribution < -0.4 is 14.4 Å². The molecule has 0 aliphatic carbocycles. The number of ether oxygens (including phenoxy) is 2. The van der Waals surface area contributed by atoms with Gasteiger partial charge in [-0.2, -0.15) is 0 Å². The Morgan fingerprint density at radius 3 is 2.72 bits per heavy atom. The van der Waals surface area contributed by atoms with Crippen molar-refractivity contribution in [3.8, 4) is 11.5 Å². The van der Waals surface area contributed by atoms with Gasteiger partial charge in [0.25, 0.3) is 5.91 Å². The number of anilines is 1. The maximum Gasteiger partial charge on any atom is 0.573 e. The maximum absolute atomic E-state index is 12.6. The zero-order valence-electron chi connectivity index (χ0n) is 15.2.